The molecule has 0 spiro atoms. The number of hydrogen-bond donors (Lipinski definition) is 0. The maximum atomic E-state index is 5.31. The molecule has 102 valence electrons. The smallest absolute Gasteiger partial charge is 0.119 e. The summed E-state index contributed by atoms with van der Waals surface area (Å²) in [5, 5.41) is 0. The van der Waals surface area contributed by atoms with Gasteiger partial charge in [-0.2, -0.15) is 0 Å². The van der Waals surface area contributed by atoms with Gasteiger partial charge in [0.1, 0.15) is 5.75 Å². The summed E-state index contributed by atoms with van der Waals surface area (Å²) < 4.78 is 5.31. The molecule has 0 N–H and O–H groups in total. The molecule has 3 rings (SSSR count). The van der Waals surface area contributed by atoms with Gasteiger partial charge >= 0.3 is 0 Å². The van der Waals surface area contributed by atoms with E-state index in [1.54, 1.807) is 12.7 Å². The van der Waals surface area contributed by atoms with Crippen molar-refractivity contribution in [2.75, 3.05) is 20.2 Å². The summed E-state index contributed by atoms with van der Waals surface area (Å²) in [6.45, 7) is 2.58. The largest absolute Gasteiger partial charge is 0.497 e. The van der Waals surface area contributed by atoms with Gasteiger partial charge in [-0.3, -0.25) is 4.90 Å². The molecule has 1 aliphatic heterocycles. The summed E-state index contributed by atoms with van der Waals surface area (Å²) in [6.07, 6.45) is 9.11. The highest BCUT2D eigenvalue weighted by Crippen LogP contribution is 2.32. The average molecular weight is 257 g/mol. The lowest BCUT2D eigenvalue weighted by atomic mass is 9.86. The highest BCUT2D eigenvalue weighted by Gasteiger charge is 2.28. The molecule has 1 aromatic rings. The van der Waals surface area contributed by atoms with Crippen LogP contribution in [0.3, 0.4) is 0 Å². The van der Waals surface area contributed by atoms with Crippen LogP contribution in [-0.4, -0.2) is 31.1 Å². The first-order valence-electron chi connectivity index (χ1n) is 7.45. The van der Waals surface area contributed by atoms with E-state index >= 15 is 0 Å². The molecule has 2 nitrogen and oxygen atoms in total. The van der Waals surface area contributed by atoms with Crippen molar-refractivity contribution < 1.29 is 4.74 Å². The van der Waals surface area contributed by atoms with Crippen molar-refractivity contribution in [3.63, 3.8) is 0 Å². The van der Waals surface area contributed by atoms with Gasteiger partial charge in [0.05, 0.1) is 7.11 Å². The first-order valence-corrected chi connectivity index (χ1v) is 7.45. The van der Waals surface area contributed by atoms with Crippen LogP contribution in [0.15, 0.2) is 29.8 Å². The maximum absolute atomic E-state index is 5.31. The Bertz CT molecular complexity index is 462. The standard InChI is InChI=1S/C17H23NO/c1-19-16-8-4-6-14(13-16)12-15-7-2-3-9-17(15)18-10-5-11-18/h4,6,8,12-13,17H,2-3,5,7,9-11H2,1H3/b15-12+. The molecule has 1 saturated carbocycles. The van der Waals surface area contributed by atoms with Crippen molar-refractivity contribution in [3.05, 3.63) is 35.4 Å². The second-order valence-corrected chi connectivity index (χ2v) is 5.65. The Labute approximate surface area is 116 Å². The quantitative estimate of drug-likeness (QED) is 0.818. The Hall–Kier alpha value is -1.28. The summed E-state index contributed by atoms with van der Waals surface area (Å²) >= 11 is 0. The van der Waals surface area contributed by atoms with Gasteiger partial charge in [-0.25, -0.2) is 0 Å². The summed E-state index contributed by atoms with van der Waals surface area (Å²) in [6, 6.07) is 9.10. The lowest BCUT2D eigenvalue weighted by Crippen LogP contribution is -2.46. The van der Waals surface area contributed by atoms with Gasteiger partial charge in [-0.1, -0.05) is 30.2 Å². The highest BCUT2D eigenvalue weighted by atomic mass is 16.5. The molecule has 0 radical (unpaired) electrons. The van der Waals surface area contributed by atoms with E-state index in [0.717, 1.165) is 5.75 Å². The maximum Gasteiger partial charge on any atom is 0.119 e. The van der Waals surface area contributed by atoms with Crippen molar-refractivity contribution in [2.45, 2.75) is 38.1 Å². The van der Waals surface area contributed by atoms with Gasteiger partial charge in [0.15, 0.2) is 0 Å². The van der Waals surface area contributed by atoms with Crippen LogP contribution < -0.4 is 4.74 Å². The van der Waals surface area contributed by atoms with E-state index in [1.165, 1.54) is 50.8 Å². The fourth-order valence-electron chi connectivity index (χ4n) is 3.20. The first kappa shape index (κ1) is 12.7. The third kappa shape index (κ3) is 2.84. The molecule has 1 saturated heterocycles. The number of likely N-dealkylation sites (tertiary alicyclic amines) is 1. The molecule has 0 bridgehead atoms. The van der Waals surface area contributed by atoms with E-state index in [9.17, 15) is 0 Å². The normalized spacial score (nSPS) is 26.2. The van der Waals surface area contributed by atoms with Crippen molar-refractivity contribution >= 4 is 6.08 Å². The second-order valence-electron chi connectivity index (χ2n) is 5.65. The van der Waals surface area contributed by atoms with Crippen molar-refractivity contribution in [1.29, 1.82) is 0 Å². The Morgan fingerprint density at radius 3 is 2.84 bits per heavy atom. The van der Waals surface area contributed by atoms with Crippen LogP contribution in [0.4, 0.5) is 0 Å². The second kappa shape index (κ2) is 5.79. The van der Waals surface area contributed by atoms with Gasteiger partial charge in [0, 0.05) is 6.04 Å². The fourth-order valence-corrected chi connectivity index (χ4v) is 3.20. The summed E-state index contributed by atoms with van der Waals surface area (Å²) in [7, 11) is 1.73. The minimum Gasteiger partial charge on any atom is -0.497 e. The van der Waals surface area contributed by atoms with Gasteiger partial charge in [-0.05, 0) is 56.5 Å². The minimum atomic E-state index is 0.703. The van der Waals surface area contributed by atoms with Crippen LogP contribution >= 0.6 is 0 Å². The van der Waals surface area contributed by atoms with Gasteiger partial charge in [-0.15, -0.1) is 0 Å². The summed E-state index contributed by atoms with van der Waals surface area (Å²) in [5.41, 5.74) is 2.90. The Balaban J connectivity index is 1.82. The van der Waals surface area contributed by atoms with Crippen LogP contribution in [-0.2, 0) is 0 Å². The number of methoxy groups -OCH3 is 1. The van der Waals surface area contributed by atoms with E-state index in [-0.39, 0.29) is 0 Å². The molecule has 1 heterocycles. The molecule has 2 heteroatoms. The van der Waals surface area contributed by atoms with Crippen molar-refractivity contribution in [3.8, 4) is 5.75 Å². The summed E-state index contributed by atoms with van der Waals surface area (Å²) in [4.78, 5) is 2.64. The zero-order valence-electron chi connectivity index (χ0n) is 11.8. The van der Waals surface area contributed by atoms with Gasteiger partial charge < -0.3 is 4.74 Å². The zero-order valence-corrected chi connectivity index (χ0v) is 11.8. The molecule has 2 fully saturated rings. The molecule has 0 aromatic heterocycles. The molecule has 1 aromatic carbocycles. The zero-order chi connectivity index (χ0) is 13.1. The van der Waals surface area contributed by atoms with E-state index in [0.29, 0.717) is 6.04 Å². The van der Waals surface area contributed by atoms with E-state index < -0.39 is 0 Å². The molecule has 1 unspecified atom stereocenters. The Kier molecular flexibility index (Phi) is 3.88. The number of nitrogens with zero attached hydrogens (tertiary/aromatic N) is 1. The molecule has 1 atom stereocenters. The molecule has 2 aliphatic rings. The highest BCUT2D eigenvalue weighted by molar-refractivity contribution is 5.56. The number of ether oxygens (including phenoxy) is 1. The molecule has 0 amide bonds. The van der Waals surface area contributed by atoms with Crippen LogP contribution in [0.2, 0.25) is 0 Å². The number of hydrogen-bond acceptors (Lipinski definition) is 2. The minimum absolute atomic E-state index is 0.703. The summed E-state index contributed by atoms with van der Waals surface area (Å²) in [5.74, 6) is 0.950. The molecular weight excluding hydrogens is 234 g/mol. The van der Waals surface area contributed by atoms with Gasteiger partial charge in [0.2, 0.25) is 0 Å². The van der Waals surface area contributed by atoms with E-state index in [2.05, 4.69) is 29.2 Å². The molecule has 1 aliphatic carbocycles. The van der Waals surface area contributed by atoms with Crippen LogP contribution in [0.25, 0.3) is 6.08 Å². The predicted octanol–water partition coefficient (Wildman–Crippen LogP) is 3.73. The predicted molar refractivity (Wildman–Crippen MR) is 79.4 cm³/mol. The number of benzene rings is 1. The van der Waals surface area contributed by atoms with Crippen LogP contribution in [0, 0.1) is 0 Å². The SMILES string of the molecule is COc1cccc(/C=C2\CCCCC2N2CCC2)c1. The molecule has 19 heavy (non-hydrogen) atoms. The average Bonchev–Trinajstić information content (AvgIpc) is 2.39. The van der Waals surface area contributed by atoms with Gasteiger partial charge in [0.25, 0.3) is 0 Å². The Morgan fingerprint density at radius 1 is 1.21 bits per heavy atom. The van der Waals surface area contributed by atoms with Crippen molar-refractivity contribution in [2.24, 2.45) is 0 Å². The third-order valence-corrected chi connectivity index (χ3v) is 4.40. The Morgan fingerprint density at radius 2 is 2.11 bits per heavy atom. The number of rotatable bonds is 3. The molecular formula is C17H23NO. The third-order valence-electron chi connectivity index (χ3n) is 4.40. The van der Waals surface area contributed by atoms with Crippen LogP contribution in [0.5, 0.6) is 5.75 Å². The van der Waals surface area contributed by atoms with E-state index in [1.807, 2.05) is 6.07 Å². The lowest BCUT2D eigenvalue weighted by molar-refractivity contribution is 0.121. The van der Waals surface area contributed by atoms with Crippen LogP contribution in [0.1, 0.15) is 37.7 Å². The lowest BCUT2D eigenvalue weighted by Gasteiger charge is -2.42. The van der Waals surface area contributed by atoms with Crippen molar-refractivity contribution in [1.82, 2.24) is 4.90 Å². The van der Waals surface area contributed by atoms with E-state index in [4.69, 9.17) is 4.74 Å². The first-order chi connectivity index (χ1) is 9.36. The fraction of sp³-hybridized carbons (Fsp3) is 0.529. The monoisotopic (exact) mass is 257 g/mol. The topological polar surface area (TPSA) is 12.5 Å².